The van der Waals surface area contributed by atoms with Gasteiger partial charge < -0.3 is 15.4 Å². The number of imidazole rings is 1. The van der Waals surface area contributed by atoms with Gasteiger partial charge in [0, 0.05) is 24.9 Å². The number of carboxylic acid groups (broad SMARTS) is 1. The molecule has 0 bridgehead atoms. The third-order valence-corrected chi connectivity index (χ3v) is 2.81. The van der Waals surface area contributed by atoms with Gasteiger partial charge in [-0.1, -0.05) is 0 Å². The van der Waals surface area contributed by atoms with E-state index in [-0.39, 0.29) is 0 Å². The van der Waals surface area contributed by atoms with Gasteiger partial charge in [0.2, 0.25) is 0 Å². The predicted molar refractivity (Wildman–Crippen MR) is 54.5 cm³/mol. The summed E-state index contributed by atoms with van der Waals surface area (Å²) in [5.74, 6) is -0.164. The molecular formula is C10H15N3O2. The lowest BCUT2D eigenvalue weighted by molar-refractivity contribution is -0.138. The van der Waals surface area contributed by atoms with Gasteiger partial charge in [0.15, 0.2) is 0 Å². The van der Waals surface area contributed by atoms with E-state index in [0.29, 0.717) is 6.42 Å². The van der Waals surface area contributed by atoms with Crippen molar-refractivity contribution < 1.29 is 9.90 Å². The lowest BCUT2D eigenvalue weighted by Crippen LogP contribution is -2.33. The van der Waals surface area contributed by atoms with E-state index < -0.39 is 12.0 Å². The topological polar surface area (TPSA) is 81.1 Å². The Bertz CT molecular complexity index is 373. The number of aliphatic carboxylic acids is 1. The Balaban J connectivity index is 2.15. The number of hydrogen-bond acceptors (Lipinski definition) is 3. The molecule has 5 heteroatoms. The molecule has 82 valence electrons. The van der Waals surface area contributed by atoms with Gasteiger partial charge in [-0.15, -0.1) is 0 Å². The van der Waals surface area contributed by atoms with Crippen LogP contribution in [0.5, 0.6) is 0 Å². The van der Waals surface area contributed by atoms with E-state index in [0.717, 1.165) is 25.2 Å². The molecule has 1 aliphatic heterocycles. The van der Waals surface area contributed by atoms with Crippen LogP contribution in [0.2, 0.25) is 0 Å². The highest BCUT2D eigenvalue weighted by molar-refractivity contribution is 5.73. The van der Waals surface area contributed by atoms with Crippen molar-refractivity contribution in [2.45, 2.75) is 38.3 Å². The number of rotatable bonds is 3. The first-order valence-corrected chi connectivity index (χ1v) is 5.20. The van der Waals surface area contributed by atoms with Crippen LogP contribution in [0.3, 0.4) is 0 Å². The number of aromatic nitrogens is 2. The Morgan fingerprint density at radius 3 is 3.20 bits per heavy atom. The quantitative estimate of drug-likeness (QED) is 0.743. The molecule has 3 N–H and O–H groups in total. The standard InChI is InChI=1S/C10H15N3O2/c11-8(10(14)15)5-9-12-6-7-3-1-2-4-13(7)9/h6,8H,1-5,11H2,(H,14,15). The SMILES string of the molecule is NC(Cc1ncc2n1CCCC2)C(=O)O. The molecule has 0 saturated carbocycles. The largest absolute Gasteiger partial charge is 0.480 e. The highest BCUT2D eigenvalue weighted by atomic mass is 16.4. The van der Waals surface area contributed by atoms with E-state index >= 15 is 0 Å². The second kappa shape index (κ2) is 4.02. The number of hydrogen-bond donors (Lipinski definition) is 2. The predicted octanol–water partition coefficient (Wildman–Crippen LogP) is 0.174. The fourth-order valence-corrected chi connectivity index (χ4v) is 1.95. The molecule has 0 spiro atoms. The van der Waals surface area contributed by atoms with Gasteiger partial charge in [-0.05, 0) is 19.3 Å². The molecule has 1 unspecified atom stereocenters. The van der Waals surface area contributed by atoms with Gasteiger partial charge in [-0.25, -0.2) is 4.98 Å². The van der Waals surface area contributed by atoms with E-state index in [4.69, 9.17) is 10.8 Å². The number of aryl methyl sites for hydroxylation is 1. The lowest BCUT2D eigenvalue weighted by Gasteiger charge is -2.17. The minimum absolute atomic E-state index is 0.315. The molecule has 2 rings (SSSR count). The van der Waals surface area contributed by atoms with E-state index in [1.165, 1.54) is 12.1 Å². The van der Waals surface area contributed by atoms with Gasteiger partial charge in [-0.3, -0.25) is 4.79 Å². The maximum absolute atomic E-state index is 10.6. The lowest BCUT2D eigenvalue weighted by atomic mass is 10.1. The summed E-state index contributed by atoms with van der Waals surface area (Å²) in [6.45, 7) is 0.941. The van der Waals surface area contributed by atoms with Gasteiger partial charge in [0.05, 0.1) is 0 Å². The van der Waals surface area contributed by atoms with Crippen molar-refractivity contribution in [1.82, 2.24) is 9.55 Å². The average Bonchev–Trinajstić information content (AvgIpc) is 2.62. The summed E-state index contributed by atoms with van der Waals surface area (Å²) in [6.07, 6.45) is 5.52. The van der Waals surface area contributed by atoms with Crippen LogP contribution in [-0.2, 0) is 24.2 Å². The fourth-order valence-electron chi connectivity index (χ4n) is 1.95. The Hall–Kier alpha value is -1.36. The molecule has 15 heavy (non-hydrogen) atoms. The number of fused-ring (bicyclic) bond motifs is 1. The Labute approximate surface area is 87.9 Å². The molecule has 0 amide bonds. The summed E-state index contributed by atoms with van der Waals surface area (Å²) >= 11 is 0. The Kier molecular flexibility index (Phi) is 2.73. The molecule has 1 atom stereocenters. The van der Waals surface area contributed by atoms with Gasteiger partial charge in [-0.2, -0.15) is 0 Å². The Morgan fingerprint density at radius 2 is 2.47 bits per heavy atom. The first kappa shape index (κ1) is 10.2. The van der Waals surface area contributed by atoms with Crippen LogP contribution in [0.15, 0.2) is 6.20 Å². The summed E-state index contributed by atoms with van der Waals surface area (Å²) in [4.78, 5) is 14.9. The van der Waals surface area contributed by atoms with E-state index in [1.54, 1.807) is 0 Å². The molecule has 0 radical (unpaired) electrons. The molecule has 1 aliphatic rings. The number of carbonyl (C=O) groups is 1. The van der Waals surface area contributed by atoms with Gasteiger partial charge in [0.25, 0.3) is 0 Å². The molecule has 0 saturated heterocycles. The molecular weight excluding hydrogens is 194 g/mol. The summed E-state index contributed by atoms with van der Waals surface area (Å²) in [6, 6.07) is -0.849. The first-order chi connectivity index (χ1) is 7.18. The summed E-state index contributed by atoms with van der Waals surface area (Å²) in [5, 5.41) is 8.72. The Morgan fingerprint density at radius 1 is 1.67 bits per heavy atom. The smallest absolute Gasteiger partial charge is 0.320 e. The summed E-state index contributed by atoms with van der Waals surface area (Å²) in [5.41, 5.74) is 6.69. The average molecular weight is 209 g/mol. The molecule has 0 fully saturated rings. The zero-order valence-electron chi connectivity index (χ0n) is 8.52. The maximum Gasteiger partial charge on any atom is 0.320 e. The minimum atomic E-state index is -0.969. The van der Waals surface area contributed by atoms with Crippen molar-refractivity contribution >= 4 is 5.97 Å². The fraction of sp³-hybridized carbons (Fsp3) is 0.600. The zero-order valence-corrected chi connectivity index (χ0v) is 8.52. The maximum atomic E-state index is 10.6. The van der Waals surface area contributed by atoms with Gasteiger partial charge in [0.1, 0.15) is 11.9 Å². The third kappa shape index (κ3) is 2.02. The van der Waals surface area contributed by atoms with Crippen molar-refractivity contribution in [3.05, 3.63) is 17.7 Å². The van der Waals surface area contributed by atoms with E-state index in [9.17, 15) is 4.79 Å². The number of nitrogens with zero attached hydrogens (tertiary/aromatic N) is 2. The monoisotopic (exact) mass is 209 g/mol. The molecule has 2 heterocycles. The van der Waals surface area contributed by atoms with Crippen molar-refractivity contribution in [3.63, 3.8) is 0 Å². The van der Waals surface area contributed by atoms with Crippen LogP contribution in [0.4, 0.5) is 0 Å². The molecule has 0 aromatic carbocycles. The van der Waals surface area contributed by atoms with Crippen LogP contribution in [0.1, 0.15) is 24.4 Å². The van der Waals surface area contributed by atoms with Crippen molar-refractivity contribution in [2.75, 3.05) is 0 Å². The number of nitrogens with two attached hydrogens (primary N) is 1. The second-order valence-corrected chi connectivity index (χ2v) is 3.92. The summed E-state index contributed by atoms with van der Waals surface area (Å²) in [7, 11) is 0. The van der Waals surface area contributed by atoms with E-state index in [1.807, 2.05) is 6.20 Å². The molecule has 0 aliphatic carbocycles. The van der Waals surface area contributed by atoms with Crippen molar-refractivity contribution in [3.8, 4) is 0 Å². The van der Waals surface area contributed by atoms with Crippen LogP contribution < -0.4 is 5.73 Å². The first-order valence-electron chi connectivity index (χ1n) is 5.20. The second-order valence-electron chi connectivity index (χ2n) is 3.92. The highest BCUT2D eigenvalue weighted by Crippen LogP contribution is 2.17. The summed E-state index contributed by atoms with van der Waals surface area (Å²) < 4.78 is 2.10. The number of carboxylic acids is 1. The van der Waals surface area contributed by atoms with E-state index in [2.05, 4.69) is 9.55 Å². The van der Waals surface area contributed by atoms with Crippen LogP contribution in [0.25, 0.3) is 0 Å². The zero-order chi connectivity index (χ0) is 10.8. The highest BCUT2D eigenvalue weighted by Gasteiger charge is 2.19. The van der Waals surface area contributed by atoms with Crippen LogP contribution in [-0.4, -0.2) is 26.7 Å². The van der Waals surface area contributed by atoms with Crippen LogP contribution in [0, 0.1) is 0 Å². The van der Waals surface area contributed by atoms with Crippen LogP contribution >= 0.6 is 0 Å². The molecule has 1 aromatic rings. The normalized spacial score (nSPS) is 17.1. The minimum Gasteiger partial charge on any atom is -0.480 e. The van der Waals surface area contributed by atoms with Crippen molar-refractivity contribution in [1.29, 1.82) is 0 Å². The molecule has 5 nitrogen and oxygen atoms in total. The van der Waals surface area contributed by atoms with Gasteiger partial charge >= 0.3 is 5.97 Å². The van der Waals surface area contributed by atoms with Crippen molar-refractivity contribution in [2.24, 2.45) is 5.73 Å². The third-order valence-electron chi connectivity index (χ3n) is 2.81. The molecule has 1 aromatic heterocycles.